The minimum Gasteiger partial charge on any atom is -0.484 e. The summed E-state index contributed by atoms with van der Waals surface area (Å²) < 4.78 is 60.0. The molecule has 0 unspecified atom stereocenters. The van der Waals surface area contributed by atoms with Crippen LogP contribution in [0.15, 0.2) is 82.6 Å². The Kier molecular flexibility index (Phi) is 7.92. The largest absolute Gasteiger partial charge is 0.484 e. The number of rotatable bonds is 10. The van der Waals surface area contributed by atoms with E-state index in [1.165, 1.54) is 20.7 Å². The monoisotopic (exact) mass is 569 g/mol. The highest BCUT2D eigenvalue weighted by atomic mass is 32.2. The van der Waals surface area contributed by atoms with E-state index in [0.717, 1.165) is 24.0 Å². The first-order valence-corrected chi connectivity index (χ1v) is 15.8. The standard InChI is InChI=1S/C28H31N3O6S2/c32-28(29-17-15-22-7-11-25(12-8-22)38(33,34)30-18-3-4-19-30)21-37-24-9-13-26(14-10-24)39(35,36)31-20-16-23-5-1-2-6-27(23)31/h1-2,5-14H,3-4,15-21H2,(H,29,32). The van der Waals surface area contributed by atoms with E-state index in [1.54, 1.807) is 36.4 Å². The van der Waals surface area contributed by atoms with Gasteiger partial charge in [-0.2, -0.15) is 4.31 Å². The van der Waals surface area contributed by atoms with Crippen LogP contribution in [0.1, 0.15) is 24.0 Å². The van der Waals surface area contributed by atoms with Crippen molar-refractivity contribution in [2.24, 2.45) is 0 Å². The maximum atomic E-state index is 13.1. The van der Waals surface area contributed by atoms with E-state index < -0.39 is 20.0 Å². The Morgan fingerprint density at radius 3 is 2.15 bits per heavy atom. The number of hydrogen-bond acceptors (Lipinski definition) is 6. The number of anilines is 1. The van der Waals surface area contributed by atoms with Crippen molar-refractivity contribution in [1.82, 2.24) is 9.62 Å². The maximum absolute atomic E-state index is 13.1. The quantitative estimate of drug-likeness (QED) is 0.402. The molecular weight excluding hydrogens is 538 g/mol. The molecule has 5 rings (SSSR count). The minimum atomic E-state index is -3.69. The van der Waals surface area contributed by atoms with Crippen molar-refractivity contribution in [2.75, 3.05) is 37.1 Å². The van der Waals surface area contributed by atoms with E-state index in [4.69, 9.17) is 4.74 Å². The molecule has 11 heteroatoms. The molecule has 0 bridgehead atoms. The van der Waals surface area contributed by atoms with Gasteiger partial charge in [-0.25, -0.2) is 16.8 Å². The minimum absolute atomic E-state index is 0.162. The van der Waals surface area contributed by atoms with Crippen LogP contribution in [-0.2, 0) is 37.7 Å². The fraction of sp³-hybridized carbons (Fsp3) is 0.321. The van der Waals surface area contributed by atoms with Gasteiger partial charge in [0.1, 0.15) is 5.75 Å². The van der Waals surface area contributed by atoms with Crippen molar-refractivity contribution in [3.05, 3.63) is 83.9 Å². The van der Waals surface area contributed by atoms with Gasteiger partial charge >= 0.3 is 0 Å². The number of para-hydroxylation sites is 1. The average molecular weight is 570 g/mol. The molecule has 0 aliphatic carbocycles. The van der Waals surface area contributed by atoms with Gasteiger partial charge in [0.05, 0.1) is 15.5 Å². The van der Waals surface area contributed by atoms with Gasteiger partial charge in [0.25, 0.3) is 15.9 Å². The lowest BCUT2D eigenvalue weighted by Gasteiger charge is -2.19. The predicted octanol–water partition coefficient (Wildman–Crippen LogP) is 2.96. The molecule has 1 N–H and O–H groups in total. The Morgan fingerprint density at radius 1 is 0.795 bits per heavy atom. The molecule has 9 nitrogen and oxygen atoms in total. The molecular formula is C28H31N3O6S2. The Balaban J connectivity index is 1.08. The van der Waals surface area contributed by atoms with Crippen LogP contribution in [-0.4, -0.2) is 59.8 Å². The summed E-state index contributed by atoms with van der Waals surface area (Å²) in [5.74, 6) is 0.0781. The zero-order chi connectivity index (χ0) is 27.5. The average Bonchev–Trinajstić information content (AvgIpc) is 3.64. The summed E-state index contributed by atoms with van der Waals surface area (Å²) in [6.45, 7) is 1.69. The normalized spacial score (nSPS) is 15.7. The van der Waals surface area contributed by atoms with Crippen LogP contribution in [0.25, 0.3) is 0 Å². The number of sulfonamides is 2. The molecule has 1 saturated heterocycles. The number of nitrogens with one attached hydrogen (secondary N) is 1. The zero-order valence-corrected chi connectivity index (χ0v) is 23.1. The van der Waals surface area contributed by atoms with Crippen LogP contribution in [0.3, 0.4) is 0 Å². The summed E-state index contributed by atoms with van der Waals surface area (Å²) in [5, 5.41) is 2.78. The van der Waals surface area contributed by atoms with Gasteiger partial charge in [-0.3, -0.25) is 9.10 Å². The number of carbonyl (C=O) groups excluding carboxylic acids is 1. The Hall–Kier alpha value is -3.41. The van der Waals surface area contributed by atoms with Crippen molar-refractivity contribution in [1.29, 1.82) is 0 Å². The van der Waals surface area contributed by atoms with Gasteiger partial charge in [-0.05, 0) is 79.3 Å². The molecule has 3 aromatic carbocycles. The Morgan fingerprint density at radius 2 is 1.44 bits per heavy atom. The smallest absolute Gasteiger partial charge is 0.264 e. The first-order chi connectivity index (χ1) is 18.7. The van der Waals surface area contributed by atoms with Crippen LogP contribution in [0.2, 0.25) is 0 Å². The predicted molar refractivity (Wildman–Crippen MR) is 148 cm³/mol. The highest BCUT2D eigenvalue weighted by molar-refractivity contribution is 7.92. The van der Waals surface area contributed by atoms with Gasteiger partial charge in [0.15, 0.2) is 6.61 Å². The summed E-state index contributed by atoms with van der Waals surface area (Å²) >= 11 is 0. The first-order valence-electron chi connectivity index (χ1n) is 12.9. The number of fused-ring (bicyclic) bond motifs is 1. The van der Waals surface area contributed by atoms with Gasteiger partial charge in [0.2, 0.25) is 10.0 Å². The zero-order valence-electron chi connectivity index (χ0n) is 21.5. The lowest BCUT2D eigenvalue weighted by atomic mass is 10.1. The Labute approximate surface area is 229 Å². The third kappa shape index (κ3) is 5.95. The second-order valence-corrected chi connectivity index (χ2v) is 13.4. The van der Waals surface area contributed by atoms with Gasteiger partial charge in [0, 0.05) is 26.2 Å². The van der Waals surface area contributed by atoms with Crippen LogP contribution in [0.5, 0.6) is 5.75 Å². The van der Waals surface area contributed by atoms with Gasteiger partial charge in [-0.1, -0.05) is 30.3 Å². The molecule has 1 amide bonds. The van der Waals surface area contributed by atoms with Crippen molar-refractivity contribution >= 4 is 31.6 Å². The van der Waals surface area contributed by atoms with Crippen LogP contribution >= 0.6 is 0 Å². The Bertz CT molecular complexity index is 1530. The topological polar surface area (TPSA) is 113 Å². The molecule has 2 heterocycles. The molecule has 0 atom stereocenters. The second-order valence-electron chi connectivity index (χ2n) is 9.57. The molecule has 0 radical (unpaired) electrons. The number of amides is 1. The second kappa shape index (κ2) is 11.4. The molecule has 39 heavy (non-hydrogen) atoms. The van der Waals surface area contributed by atoms with E-state index >= 15 is 0 Å². The molecule has 3 aromatic rings. The van der Waals surface area contributed by atoms with E-state index in [2.05, 4.69) is 5.32 Å². The summed E-state index contributed by atoms with van der Waals surface area (Å²) in [6, 6.07) is 20.3. The van der Waals surface area contributed by atoms with Crippen LogP contribution in [0.4, 0.5) is 5.69 Å². The summed E-state index contributed by atoms with van der Waals surface area (Å²) in [5.41, 5.74) is 2.63. The van der Waals surface area contributed by atoms with Crippen molar-refractivity contribution < 1.29 is 26.4 Å². The molecule has 206 valence electrons. The maximum Gasteiger partial charge on any atom is 0.264 e. The van der Waals surface area contributed by atoms with Crippen molar-refractivity contribution in [3.63, 3.8) is 0 Å². The fourth-order valence-electron chi connectivity index (χ4n) is 4.84. The van der Waals surface area contributed by atoms with E-state index in [0.29, 0.717) is 50.5 Å². The summed E-state index contributed by atoms with van der Waals surface area (Å²) in [4.78, 5) is 12.7. The number of hydrogen-bond donors (Lipinski definition) is 1. The van der Waals surface area contributed by atoms with E-state index in [9.17, 15) is 21.6 Å². The number of benzene rings is 3. The highest BCUT2D eigenvalue weighted by Crippen LogP contribution is 2.33. The number of carbonyl (C=O) groups is 1. The van der Waals surface area contributed by atoms with Crippen LogP contribution in [0, 0.1) is 0 Å². The van der Waals surface area contributed by atoms with Gasteiger partial charge < -0.3 is 10.1 Å². The fourth-order valence-corrected chi connectivity index (χ4v) is 7.86. The van der Waals surface area contributed by atoms with Crippen molar-refractivity contribution in [3.8, 4) is 5.75 Å². The lowest BCUT2D eigenvalue weighted by molar-refractivity contribution is -0.123. The SMILES string of the molecule is O=C(COc1ccc(S(=O)(=O)N2CCc3ccccc32)cc1)NCCc1ccc(S(=O)(=O)N2CCCC2)cc1. The van der Waals surface area contributed by atoms with Crippen LogP contribution < -0.4 is 14.4 Å². The molecule has 0 aromatic heterocycles. The number of ether oxygens (including phenoxy) is 1. The molecule has 1 fully saturated rings. The van der Waals surface area contributed by atoms with E-state index in [-0.39, 0.29) is 22.3 Å². The highest BCUT2D eigenvalue weighted by Gasteiger charge is 2.30. The molecule has 0 saturated carbocycles. The summed E-state index contributed by atoms with van der Waals surface area (Å²) in [6.07, 6.45) is 3.00. The third-order valence-electron chi connectivity index (χ3n) is 6.99. The molecule has 2 aliphatic heterocycles. The van der Waals surface area contributed by atoms with Gasteiger partial charge in [-0.15, -0.1) is 0 Å². The molecule has 0 spiro atoms. The third-order valence-corrected chi connectivity index (χ3v) is 10.7. The molecule has 2 aliphatic rings. The lowest BCUT2D eigenvalue weighted by Crippen LogP contribution is -2.30. The number of nitrogens with zero attached hydrogens (tertiary/aromatic N) is 2. The van der Waals surface area contributed by atoms with Crippen molar-refractivity contribution in [2.45, 2.75) is 35.5 Å². The van der Waals surface area contributed by atoms with E-state index in [1.807, 2.05) is 24.3 Å². The first kappa shape index (κ1) is 27.2. The summed E-state index contributed by atoms with van der Waals surface area (Å²) in [7, 11) is -7.13.